The molecule has 0 aliphatic carbocycles. The lowest BCUT2D eigenvalue weighted by Gasteiger charge is -2.12. The van der Waals surface area contributed by atoms with Crippen molar-refractivity contribution < 1.29 is 14.6 Å². The number of benzene rings is 1. The highest BCUT2D eigenvalue weighted by Gasteiger charge is 2.14. The van der Waals surface area contributed by atoms with Crippen molar-refractivity contribution >= 4 is 11.9 Å². The minimum absolute atomic E-state index is 0.0606. The molecule has 1 aromatic heterocycles. The normalized spacial score (nSPS) is 10.3. The molecule has 0 saturated carbocycles. The number of carboxylic acids is 1. The van der Waals surface area contributed by atoms with Crippen LogP contribution >= 0.6 is 0 Å². The van der Waals surface area contributed by atoms with Crippen molar-refractivity contribution in [2.24, 2.45) is 0 Å². The molecule has 0 saturated heterocycles. The predicted octanol–water partition coefficient (Wildman–Crippen LogP) is 2.05. The summed E-state index contributed by atoms with van der Waals surface area (Å²) >= 11 is 0. The highest BCUT2D eigenvalue weighted by molar-refractivity contribution is 5.87. The average Bonchev–Trinajstić information content (AvgIpc) is 2.37. The highest BCUT2D eigenvalue weighted by Crippen LogP contribution is 2.30. The van der Waals surface area contributed by atoms with E-state index in [-0.39, 0.29) is 11.6 Å². The zero-order chi connectivity index (χ0) is 14.9. The summed E-state index contributed by atoms with van der Waals surface area (Å²) in [5, 5.41) is 9.04. The first kappa shape index (κ1) is 13.8. The summed E-state index contributed by atoms with van der Waals surface area (Å²) in [6.07, 6.45) is 0. The molecule has 20 heavy (non-hydrogen) atoms. The number of methoxy groups -OCH3 is 1. The van der Waals surface area contributed by atoms with E-state index >= 15 is 0 Å². The first-order valence-corrected chi connectivity index (χ1v) is 5.96. The van der Waals surface area contributed by atoms with E-state index in [1.165, 1.54) is 6.07 Å². The van der Waals surface area contributed by atoms with Gasteiger partial charge in [0, 0.05) is 5.56 Å². The third-order valence-electron chi connectivity index (χ3n) is 2.96. The Morgan fingerprint density at radius 3 is 2.30 bits per heavy atom. The van der Waals surface area contributed by atoms with Crippen molar-refractivity contribution in [3.05, 3.63) is 35.0 Å². The number of nitrogens with zero attached hydrogens (tertiary/aromatic N) is 2. The first-order valence-electron chi connectivity index (χ1n) is 5.96. The Balaban J connectivity index is 2.65. The zero-order valence-corrected chi connectivity index (χ0v) is 11.5. The van der Waals surface area contributed by atoms with Gasteiger partial charge in [-0.25, -0.2) is 14.8 Å². The molecule has 0 radical (unpaired) electrons. The number of nitrogens with two attached hydrogens (primary N) is 1. The second kappa shape index (κ2) is 5.16. The summed E-state index contributed by atoms with van der Waals surface area (Å²) < 4.78 is 5.20. The Hall–Kier alpha value is -2.63. The van der Waals surface area contributed by atoms with Crippen LogP contribution in [0.1, 0.15) is 21.6 Å². The number of carbonyl (C=O) groups is 1. The van der Waals surface area contributed by atoms with Crippen LogP contribution < -0.4 is 10.5 Å². The van der Waals surface area contributed by atoms with Crippen LogP contribution in [0.2, 0.25) is 0 Å². The standard InChI is InChI=1S/C14H15N3O3/c1-7-4-9(20-3)5-8(2)12(7)10-6-11(13(18)19)17-14(15)16-10/h4-6H,1-3H3,(H,18,19)(H2,15,16,17). The molecule has 0 unspecified atom stereocenters. The summed E-state index contributed by atoms with van der Waals surface area (Å²) in [5.41, 5.74) is 8.64. The molecule has 1 aromatic carbocycles. The molecule has 0 aliphatic heterocycles. The molecule has 0 amide bonds. The maximum Gasteiger partial charge on any atom is 0.354 e. The van der Waals surface area contributed by atoms with Gasteiger partial charge in [0.1, 0.15) is 5.75 Å². The van der Waals surface area contributed by atoms with Gasteiger partial charge >= 0.3 is 5.97 Å². The third kappa shape index (κ3) is 2.54. The zero-order valence-electron chi connectivity index (χ0n) is 11.5. The van der Waals surface area contributed by atoms with Crippen LogP contribution in [0.3, 0.4) is 0 Å². The quantitative estimate of drug-likeness (QED) is 0.888. The lowest BCUT2D eigenvalue weighted by molar-refractivity contribution is 0.0690. The second-order valence-electron chi connectivity index (χ2n) is 4.44. The smallest absolute Gasteiger partial charge is 0.354 e. The Bertz CT molecular complexity index is 660. The molecule has 0 fully saturated rings. The minimum Gasteiger partial charge on any atom is -0.497 e. The van der Waals surface area contributed by atoms with Crippen LogP contribution in [0.25, 0.3) is 11.3 Å². The van der Waals surface area contributed by atoms with Crippen LogP contribution in [0, 0.1) is 13.8 Å². The maximum atomic E-state index is 11.0. The Kier molecular flexibility index (Phi) is 3.56. The van der Waals surface area contributed by atoms with E-state index in [4.69, 9.17) is 15.6 Å². The molecule has 0 spiro atoms. The summed E-state index contributed by atoms with van der Waals surface area (Å²) in [6.45, 7) is 3.81. The van der Waals surface area contributed by atoms with Crippen molar-refractivity contribution in [1.29, 1.82) is 0 Å². The SMILES string of the molecule is COc1cc(C)c(-c2cc(C(=O)O)nc(N)n2)c(C)c1. The Labute approximate surface area is 116 Å². The number of nitrogen functional groups attached to an aromatic ring is 1. The van der Waals surface area contributed by atoms with E-state index in [2.05, 4.69) is 9.97 Å². The van der Waals surface area contributed by atoms with Crippen molar-refractivity contribution in [2.45, 2.75) is 13.8 Å². The van der Waals surface area contributed by atoms with Gasteiger partial charge in [-0.1, -0.05) is 0 Å². The number of carboxylic acid groups (broad SMARTS) is 1. The molecule has 0 atom stereocenters. The molecule has 1 heterocycles. The Morgan fingerprint density at radius 1 is 1.20 bits per heavy atom. The fraction of sp³-hybridized carbons (Fsp3) is 0.214. The van der Waals surface area contributed by atoms with Gasteiger partial charge in [0.25, 0.3) is 0 Å². The van der Waals surface area contributed by atoms with Gasteiger partial charge in [-0.3, -0.25) is 0 Å². The molecule has 6 nitrogen and oxygen atoms in total. The highest BCUT2D eigenvalue weighted by atomic mass is 16.5. The predicted molar refractivity (Wildman–Crippen MR) is 74.9 cm³/mol. The fourth-order valence-electron chi connectivity index (χ4n) is 2.15. The van der Waals surface area contributed by atoms with Crippen LogP contribution in [0.4, 0.5) is 5.95 Å². The summed E-state index contributed by atoms with van der Waals surface area (Å²) in [5.74, 6) is -0.456. The molecule has 0 aliphatic rings. The molecule has 2 aromatic rings. The lowest BCUT2D eigenvalue weighted by atomic mass is 9.99. The van der Waals surface area contributed by atoms with Gasteiger partial charge in [-0.15, -0.1) is 0 Å². The van der Waals surface area contributed by atoms with Crippen LogP contribution in [0.15, 0.2) is 18.2 Å². The molecular weight excluding hydrogens is 258 g/mol. The minimum atomic E-state index is -1.14. The number of aromatic nitrogens is 2. The van der Waals surface area contributed by atoms with E-state index < -0.39 is 5.97 Å². The number of aromatic carboxylic acids is 1. The third-order valence-corrected chi connectivity index (χ3v) is 2.96. The average molecular weight is 273 g/mol. The number of hydrogen-bond acceptors (Lipinski definition) is 5. The van der Waals surface area contributed by atoms with Gasteiger partial charge in [-0.2, -0.15) is 0 Å². The van der Waals surface area contributed by atoms with Gasteiger partial charge < -0.3 is 15.6 Å². The molecule has 2 rings (SSSR count). The summed E-state index contributed by atoms with van der Waals surface area (Å²) in [7, 11) is 1.60. The van der Waals surface area contributed by atoms with Crippen molar-refractivity contribution in [1.82, 2.24) is 9.97 Å². The number of anilines is 1. The van der Waals surface area contributed by atoms with Gasteiger partial charge in [0.05, 0.1) is 12.8 Å². The topological polar surface area (TPSA) is 98.3 Å². The van der Waals surface area contributed by atoms with E-state index in [9.17, 15) is 4.79 Å². The maximum absolute atomic E-state index is 11.0. The summed E-state index contributed by atoms with van der Waals surface area (Å²) in [6, 6.07) is 5.14. The first-order chi connectivity index (χ1) is 9.42. The van der Waals surface area contributed by atoms with Crippen molar-refractivity contribution in [2.75, 3.05) is 12.8 Å². The monoisotopic (exact) mass is 273 g/mol. The van der Waals surface area contributed by atoms with E-state index in [1.807, 2.05) is 26.0 Å². The van der Waals surface area contributed by atoms with Gasteiger partial charge in [0.15, 0.2) is 5.69 Å². The lowest BCUT2D eigenvalue weighted by Crippen LogP contribution is -2.06. The van der Waals surface area contributed by atoms with Crippen LogP contribution in [-0.4, -0.2) is 28.2 Å². The van der Waals surface area contributed by atoms with Crippen LogP contribution in [0.5, 0.6) is 5.75 Å². The van der Waals surface area contributed by atoms with Crippen molar-refractivity contribution in [3.8, 4) is 17.0 Å². The Morgan fingerprint density at radius 2 is 1.80 bits per heavy atom. The number of ether oxygens (including phenoxy) is 1. The number of aryl methyl sites for hydroxylation is 2. The molecule has 6 heteroatoms. The molecule has 104 valence electrons. The number of hydrogen-bond donors (Lipinski definition) is 2. The van der Waals surface area contributed by atoms with E-state index in [0.717, 1.165) is 22.4 Å². The fourth-order valence-corrected chi connectivity index (χ4v) is 2.15. The molecule has 0 bridgehead atoms. The number of rotatable bonds is 3. The second-order valence-corrected chi connectivity index (χ2v) is 4.44. The van der Waals surface area contributed by atoms with Gasteiger partial charge in [0.2, 0.25) is 5.95 Å². The van der Waals surface area contributed by atoms with Crippen molar-refractivity contribution in [3.63, 3.8) is 0 Å². The molecule has 3 N–H and O–H groups in total. The van der Waals surface area contributed by atoms with Crippen LogP contribution in [-0.2, 0) is 0 Å². The summed E-state index contributed by atoms with van der Waals surface area (Å²) in [4.78, 5) is 18.9. The van der Waals surface area contributed by atoms with E-state index in [0.29, 0.717) is 5.69 Å². The largest absolute Gasteiger partial charge is 0.497 e. The van der Waals surface area contributed by atoms with E-state index in [1.54, 1.807) is 7.11 Å². The molecular formula is C14H15N3O3. The van der Waals surface area contributed by atoms with Gasteiger partial charge in [-0.05, 0) is 43.2 Å².